The van der Waals surface area contributed by atoms with Gasteiger partial charge in [-0.1, -0.05) is 31.5 Å². The third kappa shape index (κ3) is 5.49. The maximum absolute atomic E-state index is 13.0. The second-order valence-corrected chi connectivity index (χ2v) is 6.40. The minimum absolute atomic E-state index is 0.0168. The third-order valence-corrected chi connectivity index (χ3v) is 4.24. The molecule has 0 saturated heterocycles. The van der Waals surface area contributed by atoms with Crippen molar-refractivity contribution in [2.75, 3.05) is 10.6 Å². The molecule has 0 aliphatic heterocycles. The molecule has 1 unspecified atom stereocenters. The van der Waals surface area contributed by atoms with Gasteiger partial charge >= 0.3 is 6.18 Å². The third-order valence-electron chi connectivity index (χ3n) is 3.55. The summed E-state index contributed by atoms with van der Waals surface area (Å²) in [5.74, 6) is -0.342. The Balaban J connectivity index is 2.13. The number of carbonyl (C=O) groups excluding carboxylic acids is 1. The van der Waals surface area contributed by atoms with Gasteiger partial charge in [0.1, 0.15) is 6.04 Å². The minimum Gasteiger partial charge on any atom is -0.374 e. The molecule has 0 aliphatic rings. The monoisotopic (exact) mass is 414 g/mol. The summed E-state index contributed by atoms with van der Waals surface area (Å²) in [7, 11) is 0. The van der Waals surface area contributed by atoms with Crippen LogP contribution in [-0.2, 0) is 0 Å². The lowest BCUT2D eigenvalue weighted by molar-refractivity contribution is -0.143. The molecule has 2 aromatic rings. The maximum Gasteiger partial charge on any atom is 0.408 e. The average Bonchev–Trinajstić information content (AvgIpc) is 2.54. The van der Waals surface area contributed by atoms with Crippen molar-refractivity contribution in [3.8, 4) is 0 Å². The van der Waals surface area contributed by atoms with Crippen LogP contribution < -0.4 is 10.6 Å². The molecule has 1 amide bonds. The van der Waals surface area contributed by atoms with E-state index in [0.717, 1.165) is 0 Å². The van der Waals surface area contributed by atoms with Crippen LogP contribution in [0, 0.1) is 0 Å². The largest absolute Gasteiger partial charge is 0.408 e. The summed E-state index contributed by atoms with van der Waals surface area (Å²) in [5.41, 5.74) is 1.17. The van der Waals surface area contributed by atoms with Gasteiger partial charge in [-0.25, -0.2) is 0 Å². The first kappa shape index (κ1) is 19.3. The number of rotatable bonds is 6. The van der Waals surface area contributed by atoms with Gasteiger partial charge in [-0.05, 0) is 52.7 Å². The van der Waals surface area contributed by atoms with Gasteiger partial charge in [-0.2, -0.15) is 13.2 Å². The van der Waals surface area contributed by atoms with Crippen LogP contribution in [0.3, 0.4) is 0 Å². The standard InChI is InChI=1S/C18H18BrF3N2O/c1-2-6-16(18(20,21)22)23-12-7-5-8-13(11-12)24-17(25)14-9-3-4-10-15(14)19/h3-5,7-11,16,23H,2,6H2,1H3,(H,24,25). The van der Waals surface area contributed by atoms with E-state index in [0.29, 0.717) is 27.8 Å². The molecule has 2 rings (SSSR count). The van der Waals surface area contributed by atoms with Crippen LogP contribution in [0.2, 0.25) is 0 Å². The number of halogens is 4. The first-order chi connectivity index (χ1) is 11.8. The molecule has 0 fully saturated rings. The molecule has 0 radical (unpaired) electrons. The first-order valence-electron chi connectivity index (χ1n) is 7.80. The van der Waals surface area contributed by atoms with Crippen LogP contribution in [0.25, 0.3) is 0 Å². The summed E-state index contributed by atoms with van der Waals surface area (Å²) in [6.07, 6.45) is -3.93. The van der Waals surface area contributed by atoms with E-state index < -0.39 is 12.2 Å². The van der Waals surface area contributed by atoms with Gasteiger partial charge in [0.15, 0.2) is 0 Å². The fraction of sp³-hybridized carbons (Fsp3) is 0.278. The molecule has 0 aromatic heterocycles. The summed E-state index contributed by atoms with van der Waals surface area (Å²) in [4.78, 5) is 12.3. The van der Waals surface area contributed by atoms with Gasteiger partial charge in [0, 0.05) is 15.8 Å². The molecule has 7 heteroatoms. The molecule has 0 spiro atoms. The number of alkyl halides is 3. The summed E-state index contributed by atoms with van der Waals surface area (Å²) in [6, 6.07) is 11.6. The fourth-order valence-corrected chi connectivity index (χ4v) is 2.80. The van der Waals surface area contributed by atoms with Gasteiger partial charge in [-0.3, -0.25) is 4.79 Å². The summed E-state index contributed by atoms with van der Waals surface area (Å²) >= 11 is 3.30. The quantitative estimate of drug-likeness (QED) is 0.622. The van der Waals surface area contributed by atoms with Gasteiger partial charge in [-0.15, -0.1) is 0 Å². The van der Waals surface area contributed by atoms with Crippen LogP contribution in [0.1, 0.15) is 30.1 Å². The molecule has 134 valence electrons. The van der Waals surface area contributed by atoms with Crippen molar-refractivity contribution in [3.05, 3.63) is 58.6 Å². The zero-order valence-electron chi connectivity index (χ0n) is 13.5. The molecule has 2 N–H and O–H groups in total. The van der Waals surface area contributed by atoms with Crippen molar-refractivity contribution in [2.24, 2.45) is 0 Å². The molecular formula is C18H18BrF3N2O. The predicted octanol–water partition coefficient (Wildman–Crippen LogP) is 5.84. The predicted molar refractivity (Wildman–Crippen MR) is 96.9 cm³/mol. The van der Waals surface area contributed by atoms with Crippen LogP contribution in [0.4, 0.5) is 24.5 Å². The Morgan fingerprint density at radius 1 is 1.12 bits per heavy atom. The molecule has 2 aromatic carbocycles. The van der Waals surface area contributed by atoms with E-state index in [9.17, 15) is 18.0 Å². The van der Waals surface area contributed by atoms with Crippen LogP contribution in [-0.4, -0.2) is 18.1 Å². The van der Waals surface area contributed by atoms with E-state index in [1.807, 2.05) is 0 Å². The van der Waals surface area contributed by atoms with Crippen molar-refractivity contribution in [2.45, 2.75) is 32.0 Å². The second kappa shape index (κ2) is 8.38. The summed E-state index contributed by atoms with van der Waals surface area (Å²) in [6.45, 7) is 1.70. The molecule has 25 heavy (non-hydrogen) atoms. The average molecular weight is 415 g/mol. The Morgan fingerprint density at radius 3 is 2.44 bits per heavy atom. The van der Waals surface area contributed by atoms with Crippen molar-refractivity contribution in [3.63, 3.8) is 0 Å². The lowest BCUT2D eigenvalue weighted by Gasteiger charge is -2.22. The Bertz CT molecular complexity index is 734. The minimum atomic E-state index is -4.33. The zero-order chi connectivity index (χ0) is 18.4. The highest BCUT2D eigenvalue weighted by molar-refractivity contribution is 9.10. The molecule has 0 bridgehead atoms. The molecule has 0 heterocycles. The van der Waals surface area contributed by atoms with Crippen molar-refractivity contribution < 1.29 is 18.0 Å². The van der Waals surface area contributed by atoms with Gasteiger partial charge in [0.25, 0.3) is 5.91 Å². The van der Waals surface area contributed by atoms with Crippen molar-refractivity contribution in [1.82, 2.24) is 0 Å². The molecule has 1 atom stereocenters. The second-order valence-electron chi connectivity index (χ2n) is 5.54. The molecule has 0 saturated carbocycles. The number of hydrogen-bond acceptors (Lipinski definition) is 2. The van der Waals surface area contributed by atoms with E-state index in [1.54, 1.807) is 49.4 Å². The normalized spacial score (nSPS) is 12.5. The fourth-order valence-electron chi connectivity index (χ4n) is 2.34. The van der Waals surface area contributed by atoms with E-state index in [-0.39, 0.29) is 12.3 Å². The van der Waals surface area contributed by atoms with Crippen LogP contribution in [0.15, 0.2) is 53.0 Å². The molecule has 3 nitrogen and oxygen atoms in total. The highest BCUT2D eigenvalue weighted by atomic mass is 79.9. The van der Waals surface area contributed by atoms with Crippen LogP contribution in [0.5, 0.6) is 0 Å². The topological polar surface area (TPSA) is 41.1 Å². The number of benzene rings is 2. The maximum atomic E-state index is 13.0. The molecule has 0 aliphatic carbocycles. The van der Waals surface area contributed by atoms with Crippen LogP contribution >= 0.6 is 15.9 Å². The number of amides is 1. The highest BCUT2D eigenvalue weighted by Gasteiger charge is 2.38. The highest BCUT2D eigenvalue weighted by Crippen LogP contribution is 2.28. The Morgan fingerprint density at radius 2 is 1.80 bits per heavy atom. The van der Waals surface area contributed by atoms with Gasteiger partial charge in [0.05, 0.1) is 5.56 Å². The first-order valence-corrected chi connectivity index (χ1v) is 8.59. The zero-order valence-corrected chi connectivity index (χ0v) is 15.1. The lowest BCUT2D eigenvalue weighted by atomic mass is 10.1. The van der Waals surface area contributed by atoms with Gasteiger partial charge in [0.2, 0.25) is 0 Å². The number of carbonyl (C=O) groups is 1. The Kier molecular flexibility index (Phi) is 6.47. The van der Waals surface area contributed by atoms with E-state index in [1.165, 1.54) is 6.07 Å². The lowest BCUT2D eigenvalue weighted by Crippen LogP contribution is -2.36. The number of anilines is 2. The smallest absolute Gasteiger partial charge is 0.374 e. The Labute approximate surface area is 152 Å². The van der Waals surface area contributed by atoms with Crippen molar-refractivity contribution in [1.29, 1.82) is 0 Å². The summed E-state index contributed by atoms with van der Waals surface area (Å²) in [5, 5.41) is 5.19. The SMILES string of the molecule is CCCC(Nc1cccc(NC(=O)c2ccccc2Br)c1)C(F)(F)F. The number of hydrogen-bond donors (Lipinski definition) is 2. The number of nitrogens with one attached hydrogen (secondary N) is 2. The van der Waals surface area contributed by atoms with E-state index in [2.05, 4.69) is 26.6 Å². The van der Waals surface area contributed by atoms with Crippen molar-refractivity contribution >= 4 is 33.2 Å². The van der Waals surface area contributed by atoms with E-state index >= 15 is 0 Å². The molecular weight excluding hydrogens is 397 g/mol. The van der Waals surface area contributed by atoms with E-state index in [4.69, 9.17) is 0 Å². The van der Waals surface area contributed by atoms with Gasteiger partial charge < -0.3 is 10.6 Å². The Hall–Kier alpha value is -2.02. The summed E-state index contributed by atoms with van der Waals surface area (Å²) < 4.78 is 39.7.